The van der Waals surface area contributed by atoms with E-state index in [2.05, 4.69) is 4.98 Å². The second kappa shape index (κ2) is 9.31. The number of rotatable bonds is 6. The first-order chi connectivity index (χ1) is 15.3. The van der Waals surface area contributed by atoms with Gasteiger partial charge in [-0.15, -0.1) is 0 Å². The van der Waals surface area contributed by atoms with E-state index in [-0.39, 0.29) is 12.3 Å². The molecule has 4 nitrogen and oxygen atoms in total. The normalized spacial score (nSPS) is 13.5. The van der Waals surface area contributed by atoms with E-state index >= 15 is 0 Å². The Morgan fingerprint density at radius 1 is 1.09 bits per heavy atom. The van der Waals surface area contributed by atoms with Crippen LogP contribution in [-0.4, -0.2) is 16.1 Å². The van der Waals surface area contributed by atoms with Gasteiger partial charge >= 0.3 is 5.97 Å². The van der Waals surface area contributed by atoms with Gasteiger partial charge in [0.1, 0.15) is 18.2 Å². The first-order valence-corrected chi connectivity index (χ1v) is 10.9. The van der Waals surface area contributed by atoms with E-state index in [9.17, 15) is 14.3 Å². The smallest absolute Gasteiger partial charge is 0.354 e. The number of pyridine rings is 1. The van der Waals surface area contributed by atoms with Gasteiger partial charge in [0.2, 0.25) is 0 Å². The van der Waals surface area contributed by atoms with Gasteiger partial charge in [-0.2, -0.15) is 0 Å². The number of halogens is 3. The van der Waals surface area contributed by atoms with Gasteiger partial charge in [-0.3, -0.25) is 0 Å². The van der Waals surface area contributed by atoms with Gasteiger partial charge < -0.3 is 9.84 Å². The standard InChI is InChI=1S/C25H20Cl2FNO3/c1-14-5-9-22(29-24(14)25(30)31)19-4-2-3-18(19)20-11-16(26)7-10-23(20)32-13-15-6-8-17(28)12-21(15)27/h5-12H,2-4,13H2,1H3,(H,30,31). The van der Waals surface area contributed by atoms with Crippen molar-refractivity contribution >= 4 is 40.3 Å². The van der Waals surface area contributed by atoms with Crippen molar-refractivity contribution < 1.29 is 19.0 Å². The van der Waals surface area contributed by atoms with Crippen molar-refractivity contribution in [3.05, 3.63) is 92.5 Å². The van der Waals surface area contributed by atoms with Gasteiger partial charge in [0.25, 0.3) is 0 Å². The number of aromatic carboxylic acids is 1. The van der Waals surface area contributed by atoms with E-state index in [1.165, 1.54) is 12.1 Å². The van der Waals surface area contributed by atoms with E-state index in [1.807, 2.05) is 12.1 Å². The van der Waals surface area contributed by atoms with Crippen molar-refractivity contribution in [1.82, 2.24) is 4.98 Å². The lowest BCUT2D eigenvalue weighted by molar-refractivity contribution is 0.0689. The summed E-state index contributed by atoms with van der Waals surface area (Å²) in [6.07, 6.45) is 2.49. The van der Waals surface area contributed by atoms with E-state index in [4.69, 9.17) is 27.9 Å². The topological polar surface area (TPSA) is 59.4 Å². The van der Waals surface area contributed by atoms with Crippen LogP contribution in [0.5, 0.6) is 5.75 Å². The lowest BCUT2D eigenvalue weighted by atomic mass is 9.98. The van der Waals surface area contributed by atoms with Gasteiger partial charge in [-0.1, -0.05) is 35.3 Å². The molecule has 32 heavy (non-hydrogen) atoms. The molecule has 1 heterocycles. The molecular formula is C25H20Cl2FNO3. The molecule has 7 heteroatoms. The molecule has 0 saturated carbocycles. The Labute approximate surface area is 195 Å². The number of carbonyl (C=O) groups is 1. The number of benzene rings is 2. The average Bonchev–Trinajstić information content (AvgIpc) is 3.23. The summed E-state index contributed by atoms with van der Waals surface area (Å²) in [5.74, 6) is -0.833. The van der Waals surface area contributed by atoms with Crippen molar-refractivity contribution in [3.63, 3.8) is 0 Å². The van der Waals surface area contributed by atoms with Crippen LogP contribution >= 0.6 is 23.2 Å². The Hall–Kier alpha value is -2.89. The Morgan fingerprint density at radius 2 is 1.88 bits per heavy atom. The lowest BCUT2D eigenvalue weighted by Gasteiger charge is -2.16. The molecule has 0 amide bonds. The third-order valence-electron chi connectivity index (χ3n) is 5.49. The van der Waals surface area contributed by atoms with Crippen LogP contribution in [0.25, 0.3) is 11.1 Å². The number of aryl methyl sites for hydroxylation is 1. The van der Waals surface area contributed by atoms with Crippen molar-refractivity contribution in [2.24, 2.45) is 0 Å². The molecule has 2 aromatic carbocycles. The number of ether oxygens (including phenoxy) is 1. The summed E-state index contributed by atoms with van der Waals surface area (Å²) in [6.45, 7) is 1.90. The zero-order valence-corrected chi connectivity index (χ0v) is 18.8. The van der Waals surface area contributed by atoms with Crippen molar-refractivity contribution in [2.45, 2.75) is 32.8 Å². The maximum atomic E-state index is 13.3. The molecular weight excluding hydrogens is 452 g/mol. The number of hydrogen-bond acceptors (Lipinski definition) is 3. The highest BCUT2D eigenvalue weighted by molar-refractivity contribution is 6.31. The minimum atomic E-state index is -1.05. The largest absolute Gasteiger partial charge is 0.488 e. The average molecular weight is 472 g/mol. The van der Waals surface area contributed by atoms with E-state index in [1.54, 1.807) is 31.2 Å². The molecule has 1 N–H and O–H groups in total. The molecule has 0 saturated heterocycles. The Bertz CT molecular complexity index is 1240. The molecule has 0 atom stereocenters. The fourth-order valence-corrected chi connectivity index (χ4v) is 4.29. The summed E-state index contributed by atoms with van der Waals surface area (Å²) in [7, 11) is 0. The van der Waals surface area contributed by atoms with Gasteiger partial charge in [0, 0.05) is 16.1 Å². The van der Waals surface area contributed by atoms with Crippen LogP contribution in [0.4, 0.5) is 4.39 Å². The second-order valence-electron chi connectivity index (χ2n) is 7.64. The number of nitrogens with zero attached hydrogens (tertiary/aromatic N) is 1. The van der Waals surface area contributed by atoms with Gasteiger partial charge in [-0.05, 0) is 79.3 Å². The van der Waals surface area contributed by atoms with E-state index in [0.717, 1.165) is 36.0 Å². The molecule has 4 rings (SSSR count). The minimum Gasteiger partial charge on any atom is -0.488 e. The summed E-state index contributed by atoms with van der Waals surface area (Å²) in [6, 6.07) is 13.2. The molecule has 0 aliphatic heterocycles. The predicted molar refractivity (Wildman–Crippen MR) is 124 cm³/mol. The first-order valence-electron chi connectivity index (χ1n) is 10.1. The highest BCUT2D eigenvalue weighted by atomic mass is 35.5. The maximum absolute atomic E-state index is 13.3. The van der Waals surface area contributed by atoms with E-state index in [0.29, 0.717) is 32.6 Å². The van der Waals surface area contributed by atoms with Crippen LogP contribution in [0, 0.1) is 12.7 Å². The highest BCUT2D eigenvalue weighted by Gasteiger charge is 2.23. The molecule has 0 radical (unpaired) electrons. The van der Waals surface area contributed by atoms with Crippen LogP contribution in [0.3, 0.4) is 0 Å². The number of aromatic nitrogens is 1. The van der Waals surface area contributed by atoms with E-state index < -0.39 is 11.8 Å². The molecule has 0 unspecified atom stereocenters. The number of carboxylic acid groups (broad SMARTS) is 1. The van der Waals surface area contributed by atoms with Crippen LogP contribution in [0.1, 0.15) is 52.1 Å². The number of carboxylic acids is 1. The molecule has 0 bridgehead atoms. The van der Waals surface area contributed by atoms with Crippen molar-refractivity contribution in [1.29, 1.82) is 0 Å². The Balaban J connectivity index is 1.73. The third kappa shape index (κ3) is 4.64. The summed E-state index contributed by atoms with van der Waals surface area (Å²) < 4.78 is 19.4. The van der Waals surface area contributed by atoms with Crippen molar-refractivity contribution in [3.8, 4) is 5.75 Å². The highest BCUT2D eigenvalue weighted by Crippen LogP contribution is 2.43. The van der Waals surface area contributed by atoms with Crippen LogP contribution in [-0.2, 0) is 6.61 Å². The number of hydrogen-bond donors (Lipinski definition) is 1. The lowest BCUT2D eigenvalue weighted by Crippen LogP contribution is -2.05. The Kier molecular flexibility index (Phi) is 6.49. The molecule has 1 aliphatic carbocycles. The molecule has 164 valence electrons. The third-order valence-corrected chi connectivity index (χ3v) is 6.08. The summed E-state index contributed by atoms with van der Waals surface area (Å²) in [4.78, 5) is 16.0. The Morgan fingerprint density at radius 3 is 2.62 bits per heavy atom. The van der Waals surface area contributed by atoms with Gasteiger partial charge in [0.15, 0.2) is 5.69 Å². The van der Waals surface area contributed by atoms with Crippen LogP contribution in [0.15, 0.2) is 48.5 Å². The number of allylic oxidation sites excluding steroid dienone is 2. The fraction of sp³-hybridized carbons (Fsp3) is 0.200. The van der Waals surface area contributed by atoms with Crippen molar-refractivity contribution in [2.75, 3.05) is 0 Å². The zero-order valence-electron chi connectivity index (χ0n) is 17.3. The molecule has 0 spiro atoms. The predicted octanol–water partition coefficient (Wildman–Crippen LogP) is 7.21. The molecule has 1 aromatic heterocycles. The quantitative estimate of drug-likeness (QED) is 0.412. The second-order valence-corrected chi connectivity index (χ2v) is 8.49. The van der Waals surface area contributed by atoms with Gasteiger partial charge in [0.05, 0.1) is 10.7 Å². The summed E-state index contributed by atoms with van der Waals surface area (Å²) in [5, 5.41) is 10.3. The van der Waals surface area contributed by atoms with Crippen LogP contribution < -0.4 is 4.74 Å². The molecule has 0 fully saturated rings. The monoisotopic (exact) mass is 471 g/mol. The zero-order chi connectivity index (χ0) is 22.8. The minimum absolute atomic E-state index is 0.0507. The van der Waals surface area contributed by atoms with Crippen LogP contribution in [0.2, 0.25) is 10.0 Å². The summed E-state index contributed by atoms with van der Waals surface area (Å²) in [5.41, 5.74) is 4.83. The van der Waals surface area contributed by atoms with Gasteiger partial charge in [-0.25, -0.2) is 14.2 Å². The molecule has 3 aromatic rings. The molecule has 1 aliphatic rings. The first kappa shape index (κ1) is 22.3. The fourth-order valence-electron chi connectivity index (χ4n) is 3.90. The maximum Gasteiger partial charge on any atom is 0.354 e. The SMILES string of the molecule is Cc1ccc(C2=C(c3cc(Cl)ccc3OCc3ccc(F)cc3Cl)CCC2)nc1C(=O)O. The summed E-state index contributed by atoms with van der Waals surface area (Å²) >= 11 is 12.4.